The number of carbonyl (C=O) groups is 1. The minimum atomic E-state index is 0. The van der Waals surface area contributed by atoms with Crippen molar-refractivity contribution in [2.75, 3.05) is 31.5 Å². The maximum absolute atomic E-state index is 12.6. The fourth-order valence-corrected chi connectivity index (χ4v) is 4.27. The Morgan fingerprint density at radius 1 is 0.966 bits per heavy atom. The highest BCUT2D eigenvalue weighted by Crippen LogP contribution is 2.32. The maximum atomic E-state index is 12.6. The SMILES string of the molecule is Cl.NC[C@@H]1CN(CCC(=O)Nc2cccc3ccccc23)C[C@H]1c1ccccc1. The van der Waals surface area contributed by atoms with Gasteiger partial charge in [0.15, 0.2) is 0 Å². The molecule has 1 fully saturated rings. The molecular weight excluding hydrogens is 382 g/mol. The zero-order valence-corrected chi connectivity index (χ0v) is 17.3. The number of hydrogen-bond donors (Lipinski definition) is 2. The van der Waals surface area contributed by atoms with Gasteiger partial charge >= 0.3 is 0 Å². The molecule has 2 atom stereocenters. The number of rotatable bonds is 6. The van der Waals surface area contributed by atoms with Crippen molar-refractivity contribution in [3.8, 4) is 0 Å². The number of nitrogens with two attached hydrogens (primary N) is 1. The van der Waals surface area contributed by atoms with Gasteiger partial charge < -0.3 is 16.0 Å². The van der Waals surface area contributed by atoms with Crippen LogP contribution in [0.25, 0.3) is 10.8 Å². The van der Waals surface area contributed by atoms with E-state index in [0.717, 1.165) is 36.1 Å². The first-order chi connectivity index (χ1) is 13.7. The van der Waals surface area contributed by atoms with E-state index in [1.807, 2.05) is 36.4 Å². The minimum absolute atomic E-state index is 0. The number of nitrogens with zero attached hydrogens (tertiary/aromatic N) is 1. The van der Waals surface area contributed by atoms with Crippen molar-refractivity contribution in [3.05, 3.63) is 78.4 Å². The first-order valence-electron chi connectivity index (χ1n) is 9.99. The van der Waals surface area contributed by atoms with Gasteiger partial charge in [-0.05, 0) is 29.5 Å². The molecular formula is C24H28ClN3O. The lowest BCUT2D eigenvalue weighted by Gasteiger charge is -2.17. The third-order valence-electron chi connectivity index (χ3n) is 5.77. The van der Waals surface area contributed by atoms with E-state index in [0.29, 0.717) is 24.8 Å². The van der Waals surface area contributed by atoms with Crippen LogP contribution >= 0.6 is 12.4 Å². The van der Waals surface area contributed by atoms with Crippen LogP contribution in [0.3, 0.4) is 0 Å². The smallest absolute Gasteiger partial charge is 0.225 e. The van der Waals surface area contributed by atoms with Crippen LogP contribution in [0.2, 0.25) is 0 Å². The number of carbonyl (C=O) groups excluding carboxylic acids is 1. The standard InChI is InChI=1S/C24H27N3O.ClH/c25-15-20-16-27(17-22(20)19-7-2-1-3-8-19)14-13-24(28)26-23-12-6-10-18-9-4-5-11-21(18)23;/h1-12,20,22H,13-17,25H2,(H,26,28);1H/t20-,22+;/m1./s1. The number of amides is 1. The van der Waals surface area contributed by atoms with Crippen LogP contribution < -0.4 is 11.1 Å². The number of halogens is 1. The van der Waals surface area contributed by atoms with E-state index in [-0.39, 0.29) is 18.3 Å². The zero-order chi connectivity index (χ0) is 19.3. The van der Waals surface area contributed by atoms with Gasteiger partial charge in [0.05, 0.1) is 0 Å². The summed E-state index contributed by atoms with van der Waals surface area (Å²) in [6, 6.07) is 24.7. The highest BCUT2D eigenvalue weighted by Gasteiger charge is 2.32. The van der Waals surface area contributed by atoms with Crippen molar-refractivity contribution in [3.63, 3.8) is 0 Å². The van der Waals surface area contributed by atoms with Crippen LogP contribution in [0, 0.1) is 5.92 Å². The van der Waals surface area contributed by atoms with Crippen molar-refractivity contribution >= 4 is 34.8 Å². The molecule has 0 saturated carbocycles. The highest BCUT2D eigenvalue weighted by atomic mass is 35.5. The second-order valence-corrected chi connectivity index (χ2v) is 7.60. The van der Waals surface area contributed by atoms with Crippen molar-refractivity contribution < 1.29 is 4.79 Å². The Labute approximate surface area is 178 Å². The lowest BCUT2D eigenvalue weighted by atomic mass is 9.89. The van der Waals surface area contributed by atoms with Crippen molar-refractivity contribution in [2.45, 2.75) is 12.3 Å². The van der Waals surface area contributed by atoms with Crippen molar-refractivity contribution in [1.82, 2.24) is 4.90 Å². The minimum Gasteiger partial charge on any atom is -0.330 e. The number of anilines is 1. The second-order valence-electron chi connectivity index (χ2n) is 7.60. The lowest BCUT2D eigenvalue weighted by Crippen LogP contribution is -2.27. The highest BCUT2D eigenvalue weighted by molar-refractivity contribution is 6.02. The van der Waals surface area contributed by atoms with Gasteiger partial charge in [0, 0.05) is 43.0 Å². The molecule has 152 valence electrons. The van der Waals surface area contributed by atoms with E-state index in [2.05, 4.69) is 46.6 Å². The Kier molecular flexibility index (Phi) is 7.26. The number of benzene rings is 3. The lowest BCUT2D eigenvalue weighted by molar-refractivity contribution is -0.116. The fraction of sp³-hybridized carbons (Fsp3) is 0.292. The average molecular weight is 410 g/mol. The predicted molar refractivity (Wildman–Crippen MR) is 123 cm³/mol. The van der Waals surface area contributed by atoms with Crippen molar-refractivity contribution in [1.29, 1.82) is 0 Å². The summed E-state index contributed by atoms with van der Waals surface area (Å²) in [5.41, 5.74) is 8.26. The molecule has 0 aromatic heterocycles. The Morgan fingerprint density at radius 2 is 1.69 bits per heavy atom. The summed E-state index contributed by atoms with van der Waals surface area (Å²) in [4.78, 5) is 14.9. The molecule has 0 radical (unpaired) electrons. The second kappa shape index (κ2) is 9.88. The Bertz CT molecular complexity index is 942. The number of likely N-dealkylation sites (tertiary alicyclic amines) is 1. The third-order valence-corrected chi connectivity index (χ3v) is 5.77. The van der Waals surface area contributed by atoms with E-state index >= 15 is 0 Å². The molecule has 1 aliphatic rings. The third kappa shape index (κ3) is 4.96. The molecule has 1 aliphatic heterocycles. The maximum Gasteiger partial charge on any atom is 0.225 e. The summed E-state index contributed by atoms with van der Waals surface area (Å²) in [6.07, 6.45) is 0.488. The summed E-state index contributed by atoms with van der Waals surface area (Å²) in [6.45, 7) is 3.36. The molecule has 1 heterocycles. The summed E-state index contributed by atoms with van der Waals surface area (Å²) in [7, 11) is 0. The molecule has 0 spiro atoms. The molecule has 5 heteroatoms. The summed E-state index contributed by atoms with van der Waals surface area (Å²) < 4.78 is 0. The van der Waals surface area contributed by atoms with Gasteiger partial charge in [-0.15, -0.1) is 12.4 Å². The normalized spacial score (nSPS) is 19.1. The van der Waals surface area contributed by atoms with E-state index in [1.54, 1.807) is 0 Å². The van der Waals surface area contributed by atoms with Gasteiger partial charge in [0.25, 0.3) is 0 Å². The van der Waals surface area contributed by atoms with E-state index < -0.39 is 0 Å². The van der Waals surface area contributed by atoms with Crippen LogP contribution in [0.1, 0.15) is 17.9 Å². The zero-order valence-electron chi connectivity index (χ0n) is 16.5. The van der Waals surface area contributed by atoms with Gasteiger partial charge in [-0.3, -0.25) is 4.79 Å². The van der Waals surface area contributed by atoms with Gasteiger partial charge in [-0.1, -0.05) is 66.7 Å². The molecule has 0 bridgehead atoms. The fourth-order valence-electron chi connectivity index (χ4n) is 4.27. The Balaban J connectivity index is 0.00000240. The summed E-state index contributed by atoms with van der Waals surface area (Å²) in [5.74, 6) is 0.958. The largest absolute Gasteiger partial charge is 0.330 e. The molecule has 1 amide bonds. The molecule has 0 unspecified atom stereocenters. The Hall–Kier alpha value is -2.40. The van der Waals surface area contributed by atoms with Crippen molar-refractivity contribution in [2.24, 2.45) is 11.7 Å². The molecule has 3 N–H and O–H groups in total. The molecule has 3 aromatic carbocycles. The molecule has 1 saturated heterocycles. The van der Waals surface area contributed by atoms with Crippen LogP contribution in [-0.2, 0) is 4.79 Å². The quantitative estimate of drug-likeness (QED) is 0.639. The van der Waals surface area contributed by atoms with Gasteiger partial charge in [-0.2, -0.15) is 0 Å². The van der Waals surface area contributed by atoms with Crippen LogP contribution in [0.5, 0.6) is 0 Å². The Morgan fingerprint density at radius 3 is 2.48 bits per heavy atom. The van der Waals surface area contributed by atoms with Gasteiger partial charge in [-0.25, -0.2) is 0 Å². The van der Waals surface area contributed by atoms with Crippen LogP contribution in [-0.4, -0.2) is 37.0 Å². The molecule has 0 aliphatic carbocycles. The topological polar surface area (TPSA) is 58.4 Å². The molecule has 4 rings (SSSR count). The van der Waals surface area contributed by atoms with E-state index in [4.69, 9.17) is 5.73 Å². The molecule has 4 nitrogen and oxygen atoms in total. The van der Waals surface area contributed by atoms with Gasteiger partial charge in [0.1, 0.15) is 0 Å². The monoisotopic (exact) mass is 409 g/mol. The number of nitrogens with one attached hydrogen (secondary N) is 1. The van der Waals surface area contributed by atoms with Crippen LogP contribution in [0.15, 0.2) is 72.8 Å². The molecule has 3 aromatic rings. The van der Waals surface area contributed by atoms with Crippen LogP contribution in [0.4, 0.5) is 5.69 Å². The van der Waals surface area contributed by atoms with Gasteiger partial charge in [0.2, 0.25) is 5.91 Å². The first-order valence-corrected chi connectivity index (χ1v) is 9.99. The average Bonchev–Trinajstić information content (AvgIpc) is 3.17. The first kappa shape index (κ1) is 21.3. The number of fused-ring (bicyclic) bond motifs is 1. The van der Waals surface area contributed by atoms with E-state index in [1.165, 1.54) is 5.56 Å². The summed E-state index contributed by atoms with van der Waals surface area (Å²) in [5, 5.41) is 5.30. The molecule has 29 heavy (non-hydrogen) atoms. The summed E-state index contributed by atoms with van der Waals surface area (Å²) >= 11 is 0. The number of hydrogen-bond acceptors (Lipinski definition) is 3. The van der Waals surface area contributed by atoms with E-state index in [9.17, 15) is 4.79 Å². The predicted octanol–water partition coefficient (Wildman–Crippen LogP) is 4.26.